The molecule has 0 aliphatic carbocycles. The number of anilines is 1. The normalized spacial score (nSPS) is 10.3. The number of carbonyl (C=O) groups is 1. The zero-order chi connectivity index (χ0) is 14.0. The van der Waals surface area contributed by atoms with Crippen molar-refractivity contribution in [1.82, 2.24) is 4.98 Å². The molecule has 2 aromatic rings. The third-order valence-electron chi connectivity index (χ3n) is 2.26. The Balaban J connectivity index is 2.25. The molecule has 98 valence electrons. The molecule has 0 aliphatic heterocycles. The maximum atomic E-state index is 11.9. The third-order valence-corrected chi connectivity index (χ3v) is 3.18. The molecule has 0 atom stereocenters. The summed E-state index contributed by atoms with van der Waals surface area (Å²) in [5.74, 6) is -0.699. The van der Waals surface area contributed by atoms with Gasteiger partial charge in [-0.05, 0) is 24.3 Å². The van der Waals surface area contributed by atoms with E-state index in [-0.39, 0.29) is 21.5 Å². The van der Waals surface area contributed by atoms with Gasteiger partial charge in [-0.2, -0.15) is 0 Å². The zero-order valence-corrected chi connectivity index (χ0v) is 11.6. The highest BCUT2D eigenvalue weighted by Crippen LogP contribution is 2.25. The minimum absolute atomic E-state index is 0.0542. The number of hydrogen-bond donors (Lipinski definition) is 2. The number of aromatic hydroxyl groups is 1. The van der Waals surface area contributed by atoms with Crippen molar-refractivity contribution >= 4 is 46.4 Å². The van der Waals surface area contributed by atoms with Crippen molar-refractivity contribution in [2.24, 2.45) is 0 Å². The third kappa shape index (κ3) is 3.29. The van der Waals surface area contributed by atoms with Gasteiger partial charge in [0.05, 0.1) is 22.5 Å². The summed E-state index contributed by atoms with van der Waals surface area (Å²) in [5.41, 5.74) is 0.414. The first-order valence-corrected chi connectivity index (χ1v) is 6.21. The number of halogens is 3. The number of pyridine rings is 1. The zero-order valence-electron chi connectivity index (χ0n) is 9.32. The van der Waals surface area contributed by atoms with Gasteiger partial charge in [-0.3, -0.25) is 4.79 Å². The largest absolute Gasteiger partial charge is 0.507 e. The SMILES string of the molecule is O=C(Nc1cnc(Cl)c(Cl)c1)c1cc(Cl)ccc1O. The van der Waals surface area contributed by atoms with E-state index in [9.17, 15) is 9.90 Å². The summed E-state index contributed by atoms with van der Waals surface area (Å²) in [6, 6.07) is 5.63. The fourth-order valence-corrected chi connectivity index (χ4v) is 1.82. The maximum absolute atomic E-state index is 11.9. The molecule has 4 nitrogen and oxygen atoms in total. The average Bonchev–Trinajstić information content (AvgIpc) is 2.36. The molecule has 1 aromatic heterocycles. The molecule has 1 aromatic carbocycles. The second-order valence-electron chi connectivity index (χ2n) is 3.61. The van der Waals surface area contributed by atoms with Crippen LogP contribution in [0, 0.1) is 0 Å². The quantitative estimate of drug-likeness (QED) is 0.823. The molecule has 0 saturated carbocycles. The first kappa shape index (κ1) is 13.9. The van der Waals surface area contributed by atoms with Crippen LogP contribution < -0.4 is 5.32 Å². The van der Waals surface area contributed by atoms with Crippen LogP contribution in [0.25, 0.3) is 0 Å². The number of amides is 1. The molecule has 0 spiro atoms. The molecule has 1 heterocycles. The highest BCUT2D eigenvalue weighted by atomic mass is 35.5. The molecule has 19 heavy (non-hydrogen) atoms. The molecule has 2 rings (SSSR count). The Hall–Kier alpha value is -1.49. The van der Waals surface area contributed by atoms with Crippen molar-refractivity contribution in [3.8, 4) is 5.75 Å². The van der Waals surface area contributed by atoms with Crippen LogP contribution in [0.4, 0.5) is 5.69 Å². The first-order chi connectivity index (χ1) is 8.97. The van der Waals surface area contributed by atoms with E-state index < -0.39 is 5.91 Å². The maximum Gasteiger partial charge on any atom is 0.259 e. The van der Waals surface area contributed by atoms with E-state index >= 15 is 0 Å². The van der Waals surface area contributed by atoms with Gasteiger partial charge in [-0.1, -0.05) is 34.8 Å². The summed E-state index contributed by atoms with van der Waals surface area (Å²) >= 11 is 17.2. The monoisotopic (exact) mass is 316 g/mol. The second kappa shape index (κ2) is 5.65. The molecular weight excluding hydrogens is 311 g/mol. The highest BCUT2D eigenvalue weighted by molar-refractivity contribution is 6.41. The molecule has 2 N–H and O–H groups in total. The van der Waals surface area contributed by atoms with Crippen LogP contribution in [0.1, 0.15) is 10.4 Å². The minimum atomic E-state index is -0.528. The van der Waals surface area contributed by atoms with E-state index in [1.54, 1.807) is 0 Å². The molecule has 7 heteroatoms. The number of carbonyl (C=O) groups excluding carboxylic acids is 1. The number of phenols is 1. The van der Waals surface area contributed by atoms with Crippen molar-refractivity contribution in [1.29, 1.82) is 0 Å². The van der Waals surface area contributed by atoms with Crippen molar-refractivity contribution in [3.63, 3.8) is 0 Å². The fourth-order valence-electron chi connectivity index (χ4n) is 1.38. The Labute approximate surface area is 123 Å². The van der Waals surface area contributed by atoms with Crippen LogP contribution >= 0.6 is 34.8 Å². The predicted molar refractivity (Wildman–Crippen MR) is 75.3 cm³/mol. The molecule has 0 radical (unpaired) electrons. The molecule has 0 unspecified atom stereocenters. The van der Waals surface area contributed by atoms with E-state index in [4.69, 9.17) is 34.8 Å². The van der Waals surface area contributed by atoms with E-state index in [1.807, 2.05) is 0 Å². The molecule has 0 aliphatic rings. The topological polar surface area (TPSA) is 62.2 Å². The smallest absolute Gasteiger partial charge is 0.259 e. The first-order valence-electron chi connectivity index (χ1n) is 5.08. The van der Waals surface area contributed by atoms with Crippen molar-refractivity contribution in [2.75, 3.05) is 5.32 Å². The van der Waals surface area contributed by atoms with Gasteiger partial charge in [-0.15, -0.1) is 0 Å². The van der Waals surface area contributed by atoms with Gasteiger partial charge in [0.15, 0.2) is 0 Å². The molecule has 0 saturated heterocycles. The van der Waals surface area contributed by atoms with Crippen molar-refractivity contribution in [3.05, 3.63) is 51.2 Å². The second-order valence-corrected chi connectivity index (χ2v) is 4.81. The number of nitrogens with zero attached hydrogens (tertiary/aromatic N) is 1. The van der Waals surface area contributed by atoms with E-state index in [0.29, 0.717) is 10.7 Å². The van der Waals surface area contributed by atoms with Gasteiger partial charge in [0, 0.05) is 5.02 Å². The summed E-state index contributed by atoms with van der Waals surface area (Å²) in [7, 11) is 0. The average molecular weight is 318 g/mol. The van der Waals surface area contributed by atoms with Crippen LogP contribution in [-0.2, 0) is 0 Å². The van der Waals surface area contributed by atoms with Crippen LogP contribution in [-0.4, -0.2) is 16.0 Å². The summed E-state index contributed by atoms with van der Waals surface area (Å²) in [4.78, 5) is 15.7. The van der Waals surface area contributed by atoms with Crippen LogP contribution in [0.5, 0.6) is 5.75 Å². The van der Waals surface area contributed by atoms with Crippen molar-refractivity contribution < 1.29 is 9.90 Å². The number of nitrogens with one attached hydrogen (secondary N) is 1. The van der Waals surface area contributed by atoms with Gasteiger partial charge < -0.3 is 10.4 Å². The minimum Gasteiger partial charge on any atom is -0.507 e. The Kier molecular flexibility index (Phi) is 4.14. The standard InChI is InChI=1S/C12H7Cl3N2O2/c13-6-1-2-10(18)8(3-6)12(19)17-7-4-9(14)11(15)16-5-7/h1-5,18H,(H,17,19). The number of hydrogen-bond acceptors (Lipinski definition) is 3. The number of rotatable bonds is 2. The lowest BCUT2D eigenvalue weighted by Crippen LogP contribution is -2.12. The summed E-state index contributed by atoms with van der Waals surface area (Å²) in [6.07, 6.45) is 1.35. The molecule has 0 bridgehead atoms. The lowest BCUT2D eigenvalue weighted by Gasteiger charge is -2.07. The molecular formula is C12H7Cl3N2O2. The lowest BCUT2D eigenvalue weighted by molar-refractivity contribution is 0.102. The van der Waals surface area contributed by atoms with Crippen LogP contribution in [0.15, 0.2) is 30.5 Å². The Morgan fingerprint density at radius 2 is 1.95 bits per heavy atom. The Morgan fingerprint density at radius 3 is 2.63 bits per heavy atom. The van der Waals surface area contributed by atoms with Crippen LogP contribution in [0.3, 0.4) is 0 Å². The van der Waals surface area contributed by atoms with Gasteiger partial charge in [0.25, 0.3) is 5.91 Å². The lowest BCUT2D eigenvalue weighted by atomic mass is 10.2. The van der Waals surface area contributed by atoms with E-state index in [0.717, 1.165) is 0 Å². The van der Waals surface area contributed by atoms with Gasteiger partial charge in [-0.25, -0.2) is 4.98 Å². The van der Waals surface area contributed by atoms with Crippen LogP contribution in [0.2, 0.25) is 15.2 Å². The Morgan fingerprint density at radius 1 is 1.21 bits per heavy atom. The predicted octanol–water partition coefficient (Wildman–Crippen LogP) is 4.00. The van der Waals surface area contributed by atoms with Crippen molar-refractivity contribution in [2.45, 2.75) is 0 Å². The number of aromatic nitrogens is 1. The Bertz CT molecular complexity index is 647. The molecule has 1 amide bonds. The van der Waals surface area contributed by atoms with E-state index in [1.165, 1.54) is 30.5 Å². The van der Waals surface area contributed by atoms with Gasteiger partial charge in [0.1, 0.15) is 10.9 Å². The number of phenolic OH excluding ortho intramolecular Hbond substituents is 1. The summed E-state index contributed by atoms with van der Waals surface area (Å²) in [5, 5.41) is 12.8. The fraction of sp³-hybridized carbons (Fsp3) is 0. The van der Waals surface area contributed by atoms with Gasteiger partial charge >= 0.3 is 0 Å². The highest BCUT2D eigenvalue weighted by Gasteiger charge is 2.12. The molecule has 0 fully saturated rings. The summed E-state index contributed by atoms with van der Waals surface area (Å²) in [6.45, 7) is 0. The van der Waals surface area contributed by atoms with E-state index in [2.05, 4.69) is 10.3 Å². The van der Waals surface area contributed by atoms with Gasteiger partial charge in [0.2, 0.25) is 0 Å². The summed E-state index contributed by atoms with van der Waals surface area (Å²) < 4.78 is 0. The number of benzene rings is 1.